The van der Waals surface area contributed by atoms with E-state index >= 15 is 0 Å². The van der Waals surface area contributed by atoms with Gasteiger partial charge in [0.15, 0.2) is 6.67 Å². The summed E-state index contributed by atoms with van der Waals surface area (Å²) in [5.74, 6) is 0.335. The molecule has 1 aromatic carbocycles. The van der Waals surface area contributed by atoms with Crippen LogP contribution in [0.3, 0.4) is 0 Å². The number of hydrogen-bond acceptors (Lipinski definition) is 6. The lowest BCUT2D eigenvalue weighted by atomic mass is 10.2. The monoisotopic (exact) mass is 405 g/mol. The van der Waals surface area contributed by atoms with Crippen molar-refractivity contribution in [3.8, 4) is 11.4 Å². The molecule has 0 fully saturated rings. The van der Waals surface area contributed by atoms with E-state index in [9.17, 15) is 4.79 Å². The van der Waals surface area contributed by atoms with Crippen molar-refractivity contribution in [2.45, 2.75) is 33.5 Å². The minimum atomic E-state index is -0.210. The zero-order valence-corrected chi connectivity index (χ0v) is 16.9. The number of nitrogens with zero attached hydrogens (tertiary/aromatic N) is 8. The summed E-state index contributed by atoms with van der Waals surface area (Å²) in [6.07, 6.45) is 2.51. The van der Waals surface area contributed by atoms with Crippen LogP contribution in [0.25, 0.3) is 11.4 Å². The van der Waals surface area contributed by atoms with Crippen LogP contribution in [0, 0.1) is 13.8 Å². The third kappa shape index (κ3) is 4.59. The summed E-state index contributed by atoms with van der Waals surface area (Å²) < 4.78 is 3.55. The molecule has 1 amide bonds. The Hall–Kier alpha value is -3.82. The fourth-order valence-corrected chi connectivity index (χ4v) is 3.12. The average molecular weight is 405 g/mol. The van der Waals surface area contributed by atoms with Gasteiger partial charge in [0.05, 0.1) is 5.69 Å². The van der Waals surface area contributed by atoms with Gasteiger partial charge in [-0.3, -0.25) is 9.48 Å². The van der Waals surface area contributed by atoms with Gasteiger partial charge in [-0.2, -0.15) is 10.2 Å². The Labute approximate surface area is 173 Å². The highest BCUT2D eigenvalue weighted by Crippen LogP contribution is 2.11. The van der Waals surface area contributed by atoms with Crippen LogP contribution < -0.4 is 5.32 Å². The van der Waals surface area contributed by atoms with E-state index in [1.807, 2.05) is 54.9 Å². The molecule has 30 heavy (non-hydrogen) atoms. The van der Waals surface area contributed by atoms with Crippen LogP contribution in [-0.4, -0.2) is 52.2 Å². The quantitative estimate of drug-likeness (QED) is 0.447. The highest BCUT2D eigenvalue weighted by Gasteiger charge is 2.11. The smallest absolute Gasteiger partial charge is 0.271 e. The third-order valence-corrected chi connectivity index (χ3v) is 4.57. The standard InChI is InChI=1S/C20H23N9O/c1-15-13-16(2)28(23-15)11-6-10-21-20(30)18-9-12-27(24-18)14-29-25-19(22-26-29)17-7-4-3-5-8-17/h3-5,7-9,12-13H,6,10-11,14H2,1-2H3,(H,21,30). The highest BCUT2D eigenvalue weighted by atomic mass is 16.1. The summed E-state index contributed by atoms with van der Waals surface area (Å²) in [6, 6.07) is 13.3. The molecule has 0 unspecified atom stereocenters. The van der Waals surface area contributed by atoms with Crippen LogP contribution in [0.5, 0.6) is 0 Å². The molecule has 0 saturated heterocycles. The Morgan fingerprint density at radius 3 is 2.67 bits per heavy atom. The molecule has 0 aliphatic rings. The predicted molar refractivity (Wildman–Crippen MR) is 110 cm³/mol. The van der Waals surface area contributed by atoms with Crippen LogP contribution in [-0.2, 0) is 13.2 Å². The molecule has 154 valence electrons. The van der Waals surface area contributed by atoms with Gasteiger partial charge >= 0.3 is 0 Å². The average Bonchev–Trinajstić information content (AvgIpc) is 3.47. The van der Waals surface area contributed by atoms with Crippen LogP contribution in [0.4, 0.5) is 0 Å². The number of amides is 1. The molecule has 10 heteroatoms. The van der Waals surface area contributed by atoms with Gasteiger partial charge in [0.2, 0.25) is 5.82 Å². The maximum atomic E-state index is 12.3. The normalized spacial score (nSPS) is 11.0. The molecule has 3 aromatic heterocycles. The molecule has 1 N–H and O–H groups in total. The van der Waals surface area contributed by atoms with E-state index in [1.54, 1.807) is 16.9 Å². The second-order valence-corrected chi connectivity index (χ2v) is 6.99. The number of aryl methyl sites for hydroxylation is 3. The molecular weight excluding hydrogens is 382 g/mol. The van der Waals surface area contributed by atoms with Crippen molar-refractivity contribution >= 4 is 5.91 Å². The zero-order chi connectivity index (χ0) is 20.9. The number of tetrazole rings is 1. The molecule has 0 bridgehead atoms. The van der Waals surface area contributed by atoms with Gasteiger partial charge in [-0.05, 0) is 37.6 Å². The number of carbonyl (C=O) groups is 1. The number of benzene rings is 1. The molecule has 0 atom stereocenters. The molecule has 4 aromatic rings. The van der Waals surface area contributed by atoms with E-state index in [2.05, 4.69) is 30.9 Å². The number of rotatable bonds is 8. The summed E-state index contributed by atoms with van der Waals surface area (Å²) in [6.45, 7) is 5.58. The van der Waals surface area contributed by atoms with Crippen molar-refractivity contribution in [3.05, 3.63) is 65.7 Å². The molecule has 0 aliphatic heterocycles. The van der Waals surface area contributed by atoms with Gasteiger partial charge in [0.1, 0.15) is 5.69 Å². The zero-order valence-electron chi connectivity index (χ0n) is 16.9. The molecule has 0 radical (unpaired) electrons. The minimum Gasteiger partial charge on any atom is -0.351 e. The Balaban J connectivity index is 1.28. The first-order chi connectivity index (χ1) is 14.6. The van der Waals surface area contributed by atoms with Crippen molar-refractivity contribution in [3.63, 3.8) is 0 Å². The van der Waals surface area contributed by atoms with Crippen molar-refractivity contribution in [1.82, 2.24) is 45.1 Å². The summed E-state index contributed by atoms with van der Waals surface area (Å²) in [4.78, 5) is 13.8. The van der Waals surface area contributed by atoms with Crippen molar-refractivity contribution in [2.75, 3.05) is 6.54 Å². The Morgan fingerprint density at radius 1 is 1.07 bits per heavy atom. The summed E-state index contributed by atoms with van der Waals surface area (Å²) in [7, 11) is 0. The van der Waals surface area contributed by atoms with Gasteiger partial charge in [-0.25, -0.2) is 4.68 Å². The van der Waals surface area contributed by atoms with Gasteiger partial charge in [0, 0.05) is 30.5 Å². The lowest BCUT2D eigenvalue weighted by Gasteiger charge is -2.05. The fourth-order valence-electron chi connectivity index (χ4n) is 3.12. The Kier molecular flexibility index (Phi) is 5.64. The first-order valence-electron chi connectivity index (χ1n) is 9.74. The van der Waals surface area contributed by atoms with Crippen LogP contribution in [0.15, 0.2) is 48.7 Å². The number of hydrogen-bond donors (Lipinski definition) is 1. The molecule has 10 nitrogen and oxygen atoms in total. The maximum absolute atomic E-state index is 12.3. The lowest BCUT2D eigenvalue weighted by molar-refractivity contribution is 0.0946. The molecule has 4 rings (SSSR count). The highest BCUT2D eigenvalue weighted by molar-refractivity contribution is 5.92. The number of aromatic nitrogens is 8. The summed E-state index contributed by atoms with van der Waals surface area (Å²) in [5.41, 5.74) is 3.36. The van der Waals surface area contributed by atoms with E-state index in [4.69, 9.17) is 0 Å². The summed E-state index contributed by atoms with van der Waals surface area (Å²) >= 11 is 0. The Bertz CT molecular complexity index is 1130. The van der Waals surface area contributed by atoms with E-state index < -0.39 is 0 Å². The topological polar surface area (TPSA) is 108 Å². The first kappa shape index (κ1) is 19.5. The van der Waals surface area contributed by atoms with Gasteiger partial charge in [-0.1, -0.05) is 30.3 Å². The van der Waals surface area contributed by atoms with E-state index in [0.717, 1.165) is 29.9 Å². The van der Waals surface area contributed by atoms with E-state index in [1.165, 1.54) is 4.80 Å². The minimum absolute atomic E-state index is 0.210. The van der Waals surface area contributed by atoms with Crippen molar-refractivity contribution < 1.29 is 4.79 Å². The molecule has 0 saturated carbocycles. The molecule has 0 aliphatic carbocycles. The van der Waals surface area contributed by atoms with Gasteiger partial charge < -0.3 is 5.32 Å². The lowest BCUT2D eigenvalue weighted by Crippen LogP contribution is -2.26. The first-order valence-corrected chi connectivity index (χ1v) is 9.74. The van der Waals surface area contributed by atoms with Crippen LogP contribution in [0.2, 0.25) is 0 Å². The van der Waals surface area contributed by atoms with Crippen molar-refractivity contribution in [1.29, 1.82) is 0 Å². The second kappa shape index (κ2) is 8.68. The second-order valence-electron chi connectivity index (χ2n) is 6.99. The van der Waals surface area contributed by atoms with Gasteiger partial charge in [-0.15, -0.1) is 15.0 Å². The molecule has 3 heterocycles. The fraction of sp³-hybridized carbons (Fsp3) is 0.300. The third-order valence-electron chi connectivity index (χ3n) is 4.57. The van der Waals surface area contributed by atoms with E-state index in [0.29, 0.717) is 18.1 Å². The molecule has 0 spiro atoms. The predicted octanol–water partition coefficient (Wildman–Crippen LogP) is 1.68. The van der Waals surface area contributed by atoms with Crippen molar-refractivity contribution in [2.24, 2.45) is 0 Å². The summed E-state index contributed by atoms with van der Waals surface area (Å²) in [5, 5.41) is 24.1. The maximum Gasteiger partial charge on any atom is 0.271 e. The SMILES string of the molecule is Cc1cc(C)n(CCCNC(=O)c2ccn(Cn3nnc(-c4ccccc4)n3)n2)n1. The van der Waals surface area contributed by atoms with Crippen LogP contribution in [0.1, 0.15) is 28.3 Å². The number of nitrogens with one attached hydrogen (secondary N) is 1. The van der Waals surface area contributed by atoms with Crippen LogP contribution >= 0.6 is 0 Å². The number of carbonyl (C=O) groups excluding carboxylic acids is 1. The largest absolute Gasteiger partial charge is 0.351 e. The van der Waals surface area contributed by atoms with E-state index in [-0.39, 0.29) is 12.6 Å². The van der Waals surface area contributed by atoms with Gasteiger partial charge in [0.25, 0.3) is 5.91 Å². The Morgan fingerprint density at radius 2 is 1.90 bits per heavy atom. The molecular formula is C20H23N9O.